The third-order valence-corrected chi connectivity index (χ3v) is 4.49. The van der Waals surface area contributed by atoms with Gasteiger partial charge in [-0.15, -0.1) is 0 Å². The summed E-state index contributed by atoms with van der Waals surface area (Å²) in [6, 6.07) is 0. The van der Waals surface area contributed by atoms with Crippen LogP contribution in [0.15, 0.2) is 5.57 Å². The molecular formula is C14H17N5O2. The lowest BCUT2D eigenvalue weighted by molar-refractivity contribution is -0.127. The van der Waals surface area contributed by atoms with Crippen molar-refractivity contribution >= 4 is 23.0 Å². The van der Waals surface area contributed by atoms with E-state index >= 15 is 0 Å². The van der Waals surface area contributed by atoms with Gasteiger partial charge in [0.1, 0.15) is 5.69 Å². The summed E-state index contributed by atoms with van der Waals surface area (Å²) in [4.78, 5) is 2.15. The largest absolute Gasteiger partial charge is 0.433 e. The Balaban J connectivity index is 1.67. The highest BCUT2D eigenvalue weighted by Gasteiger charge is 2.51. The zero-order valence-electron chi connectivity index (χ0n) is 12.0. The van der Waals surface area contributed by atoms with Crippen molar-refractivity contribution < 1.29 is 9.47 Å². The number of hydrogen-bond acceptors (Lipinski definition) is 6. The molecule has 1 aromatic heterocycles. The Morgan fingerprint density at radius 2 is 2.05 bits per heavy atom. The van der Waals surface area contributed by atoms with Crippen LogP contribution in [-0.2, 0) is 4.74 Å². The van der Waals surface area contributed by atoms with E-state index < -0.39 is 0 Å². The lowest BCUT2D eigenvalue weighted by atomic mass is 9.78. The average molecular weight is 287 g/mol. The molecule has 1 spiro atoms. The fraction of sp³-hybridized carbons (Fsp3) is 0.500. The summed E-state index contributed by atoms with van der Waals surface area (Å²) in [5.74, 6) is 1.47. The molecule has 3 N–H and O–H groups in total. The first-order chi connectivity index (χ1) is 10.0. The number of fused-ring (bicyclic) bond motifs is 1. The molecule has 2 fully saturated rings. The fourth-order valence-electron chi connectivity index (χ4n) is 3.10. The summed E-state index contributed by atoms with van der Waals surface area (Å²) < 4.78 is 10.9. The molecule has 4 heterocycles. The second kappa shape index (κ2) is 3.94. The van der Waals surface area contributed by atoms with E-state index in [0.29, 0.717) is 28.1 Å². The van der Waals surface area contributed by atoms with Gasteiger partial charge in [-0.3, -0.25) is 10.5 Å². The lowest BCUT2D eigenvalue weighted by Gasteiger charge is -2.55. The summed E-state index contributed by atoms with van der Waals surface area (Å²) in [6.07, 6.45) is 0. The van der Waals surface area contributed by atoms with E-state index in [4.69, 9.17) is 20.3 Å². The van der Waals surface area contributed by atoms with Crippen molar-refractivity contribution in [2.75, 3.05) is 31.2 Å². The molecule has 110 valence electrons. The molecule has 3 aliphatic rings. The summed E-state index contributed by atoms with van der Waals surface area (Å²) >= 11 is 0. The molecule has 0 aromatic carbocycles. The minimum Gasteiger partial charge on any atom is -0.433 e. The highest BCUT2D eigenvalue weighted by atomic mass is 16.5. The third kappa shape index (κ3) is 1.61. The van der Waals surface area contributed by atoms with E-state index in [2.05, 4.69) is 15.1 Å². The highest BCUT2D eigenvalue weighted by molar-refractivity contribution is 6.28. The van der Waals surface area contributed by atoms with Crippen LogP contribution in [0.1, 0.15) is 19.5 Å². The lowest BCUT2D eigenvalue weighted by Crippen LogP contribution is -2.66. The molecule has 0 aliphatic carbocycles. The molecule has 1 aromatic rings. The zero-order valence-corrected chi connectivity index (χ0v) is 12.0. The van der Waals surface area contributed by atoms with Crippen LogP contribution in [0.25, 0.3) is 5.57 Å². The topological polar surface area (TPSA) is 98.1 Å². The maximum Gasteiger partial charge on any atom is 0.222 e. The molecule has 21 heavy (non-hydrogen) atoms. The van der Waals surface area contributed by atoms with Gasteiger partial charge in [-0.25, -0.2) is 0 Å². The maximum atomic E-state index is 8.01. The molecule has 0 radical (unpaired) electrons. The molecule has 0 saturated carbocycles. The number of allylic oxidation sites excluding steroid dienone is 1. The van der Waals surface area contributed by atoms with Gasteiger partial charge in [0, 0.05) is 18.8 Å². The molecule has 7 nitrogen and oxygen atoms in total. The van der Waals surface area contributed by atoms with Gasteiger partial charge in [0.25, 0.3) is 0 Å². The normalized spacial score (nSPS) is 24.3. The summed E-state index contributed by atoms with van der Waals surface area (Å²) in [5.41, 5.74) is 2.82. The fourth-order valence-corrected chi connectivity index (χ4v) is 3.10. The number of anilines is 1. The van der Waals surface area contributed by atoms with Crippen molar-refractivity contribution in [3.05, 3.63) is 11.3 Å². The SMILES string of the molecule is CC(=N)/C(C)=C1\C(=N)Oc2c(N3CC4(COC4)C3)n[nH]c21. The molecule has 0 amide bonds. The Hall–Kier alpha value is -2.15. The smallest absolute Gasteiger partial charge is 0.222 e. The van der Waals surface area contributed by atoms with E-state index in [0.717, 1.165) is 37.7 Å². The van der Waals surface area contributed by atoms with Crippen molar-refractivity contribution in [3.8, 4) is 5.75 Å². The van der Waals surface area contributed by atoms with Crippen LogP contribution in [0.4, 0.5) is 5.82 Å². The number of aromatic amines is 1. The van der Waals surface area contributed by atoms with Crippen molar-refractivity contribution in [3.63, 3.8) is 0 Å². The van der Waals surface area contributed by atoms with Crippen molar-refractivity contribution in [1.29, 1.82) is 10.8 Å². The first kappa shape index (κ1) is 12.6. The first-order valence-corrected chi connectivity index (χ1v) is 6.95. The maximum absolute atomic E-state index is 8.01. The van der Waals surface area contributed by atoms with Gasteiger partial charge in [0.2, 0.25) is 5.90 Å². The predicted molar refractivity (Wildman–Crippen MR) is 78.4 cm³/mol. The summed E-state index contributed by atoms with van der Waals surface area (Å²) in [6.45, 7) is 7.02. The van der Waals surface area contributed by atoms with E-state index in [-0.39, 0.29) is 5.90 Å². The van der Waals surface area contributed by atoms with Crippen molar-refractivity contribution in [2.45, 2.75) is 13.8 Å². The van der Waals surface area contributed by atoms with Crippen LogP contribution in [0.2, 0.25) is 0 Å². The van der Waals surface area contributed by atoms with E-state index in [9.17, 15) is 0 Å². The summed E-state index contributed by atoms with van der Waals surface area (Å²) in [7, 11) is 0. The van der Waals surface area contributed by atoms with Crippen molar-refractivity contribution in [2.24, 2.45) is 5.41 Å². The van der Waals surface area contributed by atoms with E-state index in [1.165, 1.54) is 0 Å². The Labute approximate surface area is 121 Å². The van der Waals surface area contributed by atoms with Gasteiger partial charge in [-0.1, -0.05) is 0 Å². The average Bonchev–Trinajstić information content (AvgIpc) is 2.83. The number of nitrogens with one attached hydrogen (secondary N) is 3. The van der Waals surface area contributed by atoms with Crippen LogP contribution < -0.4 is 9.64 Å². The van der Waals surface area contributed by atoms with Crippen LogP contribution in [0, 0.1) is 16.2 Å². The molecule has 0 bridgehead atoms. The molecule has 7 heteroatoms. The number of ether oxygens (including phenoxy) is 2. The van der Waals surface area contributed by atoms with E-state index in [1.54, 1.807) is 6.92 Å². The summed E-state index contributed by atoms with van der Waals surface area (Å²) in [5, 5.41) is 23.1. The molecule has 0 atom stereocenters. The number of nitrogens with zero attached hydrogens (tertiary/aromatic N) is 2. The van der Waals surface area contributed by atoms with Gasteiger partial charge < -0.3 is 19.8 Å². The number of hydrogen-bond donors (Lipinski definition) is 3. The second-order valence-electron chi connectivity index (χ2n) is 6.16. The second-order valence-corrected chi connectivity index (χ2v) is 6.16. The van der Waals surface area contributed by atoms with Gasteiger partial charge in [0.05, 0.1) is 24.2 Å². The zero-order chi connectivity index (χ0) is 14.8. The highest BCUT2D eigenvalue weighted by Crippen LogP contribution is 2.47. The Morgan fingerprint density at radius 1 is 1.33 bits per heavy atom. The van der Waals surface area contributed by atoms with Crippen molar-refractivity contribution in [1.82, 2.24) is 10.2 Å². The standard InChI is InChI=1S/C14H17N5O2/c1-7(8(2)15)9-10-11(21-12(9)16)13(18-17-10)19-3-14(4-19)5-20-6-14/h15-16H,3-6H2,1-2H3,(H,17,18)/b9-7-,15-8?,16-12?. The molecule has 2 saturated heterocycles. The third-order valence-electron chi connectivity index (χ3n) is 4.49. The Kier molecular flexibility index (Phi) is 2.36. The van der Waals surface area contributed by atoms with Crippen LogP contribution in [-0.4, -0.2) is 48.1 Å². The molecule has 4 rings (SSSR count). The first-order valence-electron chi connectivity index (χ1n) is 6.95. The number of rotatable bonds is 2. The van der Waals surface area contributed by atoms with Gasteiger partial charge in [0.15, 0.2) is 11.6 Å². The molecule has 0 unspecified atom stereocenters. The Morgan fingerprint density at radius 3 is 2.62 bits per heavy atom. The quantitative estimate of drug-likeness (QED) is 0.717. The number of H-pyrrole nitrogens is 1. The minimum absolute atomic E-state index is 0.0891. The van der Waals surface area contributed by atoms with Gasteiger partial charge in [-0.05, 0) is 19.4 Å². The Bertz CT molecular complexity index is 690. The molecule has 3 aliphatic heterocycles. The predicted octanol–water partition coefficient (Wildman–Crippen LogP) is 1.43. The van der Waals surface area contributed by atoms with E-state index in [1.807, 2.05) is 6.92 Å². The van der Waals surface area contributed by atoms with Crippen LogP contribution >= 0.6 is 0 Å². The molecular weight excluding hydrogens is 270 g/mol. The van der Waals surface area contributed by atoms with Gasteiger partial charge >= 0.3 is 0 Å². The minimum atomic E-state index is 0.0891. The van der Waals surface area contributed by atoms with Gasteiger partial charge in [-0.2, -0.15) is 5.10 Å². The van der Waals surface area contributed by atoms with Crippen LogP contribution in [0.3, 0.4) is 0 Å². The van der Waals surface area contributed by atoms with Crippen LogP contribution in [0.5, 0.6) is 5.75 Å². The monoisotopic (exact) mass is 287 g/mol. The number of aromatic nitrogens is 2.